The molecule has 7 N–H and O–H groups in total. The molecular formula is C45H68N7O18P3S-4. The number of hydrogen-bond acceptors (Lipinski definition) is 23. The van der Waals surface area contributed by atoms with E-state index in [1.807, 2.05) is 0 Å². The van der Waals surface area contributed by atoms with Crippen LogP contribution in [0.5, 0.6) is 0 Å². The molecule has 29 heteroatoms. The third-order valence-corrected chi connectivity index (χ3v) is 20.3. The average molecular weight is 1120 g/mol. The molecule has 7 rings (SSSR count). The van der Waals surface area contributed by atoms with Crippen LogP contribution in [0.25, 0.3) is 11.2 Å². The predicted octanol–water partition coefficient (Wildman–Crippen LogP) is 1.49. The highest BCUT2D eigenvalue weighted by Crippen LogP contribution is 2.67. The second kappa shape index (κ2) is 23.3. The molecule has 15 atom stereocenters. The van der Waals surface area contributed by atoms with Crippen molar-refractivity contribution in [3.63, 3.8) is 0 Å². The van der Waals surface area contributed by atoms with Gasteiger partial charge in [0, 0.05) is 37.1 Å². The number of amides is 2. The van der Waals surface area contributed by atoms with Crippen molar-refractivity contribution < 1.29 is 85.6 Å². The van der Waals surface area contributed by atoms with Crippen LogP contribution in [0.2, 0.25) is 0 Å². The number of aliphatic hydroxyl groups excluding tert-OH is 3. The lowest BCUT2D eigenvalue weighted by Gasteiger charge is -2.58. The van der Waals surface area contributed by atoms with Crippen LogP contribution in [-0.2, 0) is 50.7 Å². The summed E-state index contributed by atoms with van der Waals surface area (Å²) < 4.78 is 61.1. The number of hydrogen-bond donors (Lipinski definition) is 6. The van der Waals surface area contributed by atoms with Crippen LogP contribution in [0, 0.1) is 45.8 Å². The van der Waals surface area contributed by atoms with Gasteiger partial charge in [-0.05, 0) is 98.2 Å². The van der Waals surface area contributed by atoms with E-state index in [1.54, 1.807) is 0 Å². The predicted molar refractivity (Wildman–Crippen MR) is 258 cm³/mol. The molecule has 3 saturated carbocycles. The first kappa shape index (κ1) is 58.9. The zero-order chi connectivity index (χ0) is 54.2. The van der Waals surface area contributed by atoms with E-state index in [4.69, 9.17) is 10.5 Å². The zero-order valence-corrected chi connectivity index (χ0v) is 45.5. The molecule has 3 heterocycles. The number of nitrogens with zero attached hydrogens (tertiary/aromatic N) is 4. The van der Waals surface area contributed by atoms with Gasteiger partial charge in [0.25, 0.3) is 15.6 Å². The van der Waals surface area contributed by atoms with Gasteiger partial charge in [0.05, 0.1) is 33.5 Å². The van der Waals surface area contributed by atoms with Crippen molar-refractivity contribution in [2.24, 2.45) is 45.8 Å². The molecule has 0 spiro atoms. The van der Waals surface area contributed by atoms with Crippen LogP contribution in [0.3, 0.4) is 0 Å². The summed E-state index contributed by atoms with van der Waals surface area (Å²) in [6.45, 7) is 7.38. The molecule has 2 aromatic rings. The Kier molecular flexibility index (Phi) is 18.6. The lowest BCUT2D eigenvalue weighted by Crippen LogP contribution is -2.50. The van der Waals surface area contributed by atoms with Gasteiger partial charge in [-0.3, -0.25) is 28.1 Å². The maximum absolute atomic E-state index is 12.9. The van der Waals surface area contributed by atoms with Crippen molar-refractivity contribution in [3.8, 4) is 0 Å². The van der Waals surface area contributed by atoms with Crippen molar-refractivity contribution in [2.75, 3.05) is 37.8 Å². The summed E-state index contributed by atoms with van der Waals surface area (Å²) in [6, 6.07) is 0. The minimum Gasteiger partial charge on any atom is -0.790 e. The van der Waals surface area contributed by atoms with Gasteiger partial charge in [0.1, 0.15) is 36.3 Å². The Morgan fingerprint density at radius 3 is 2.45 bits per heavy atom. The summed E-state index contributed by atoms with van der Waals surface area (Å²) in [4.78, 5) is 98.2. The standard InChI is InChI=1S/C45H72N7O18P3S/c1-25(29-9-10-30-28-8-7-26-20-27(53)12-15-44(26,4)31(28)13-16-45(29,30)5)6-11-34(55)74-19-18-47-33(54)14-17-48-41(58)38(57)43(2,3)22-67-73(64,65)70-72(62,63)66-21-32-37(69-71(59,60)61)36(56)42(68-32)52-24-51-35-39(46)49-23-50-40(35)52/h7,23-25,27-32,36-38,42,53,56-57H,6,8-22H2,1-5H3,(H,47,54)(H,48,58)(H,62,63)(H,64,65)(H2,46,49,50)(H2,59,60,61)/p-4/t25-,27+,28+,29-,30+,31+,32-,36-,37-,38+,42-,44+,45-/m1/s1. The molecule has 5 aliphatic rings. The summed E-state index contributed by atoms with van der Waals surface area (Å²) >= 11 is 1.17. The van der Waals surface area contributed by atoms with E-state index in [9.17, 15) is 63.0 Å². The number of carbonyl (C=O) groups is 3. The number of fused-ring (bicyclic) bond motifs is 6. The Bertz CT molecular complexity index is 2550. The fourth-order valence-electron chi connectivity index (χ4n) is 12.5. The molecule has 1 aliphatic heterocycles. The maximum Gasteiger partial charge on any atom is 0.274 e. The van der Waals surface area contributed by atoms with Crippen LogP contribution in [0.15, 0.2) is 24.3 Å². The molecule has 2 aromatic heterocycles. The largest absolute Gasteiger partial charge is 0.790 e. The van der Waals surface area contributed by atoms with Gasteiger partial charge in [-0.15, -0.1) is 0 Å². The van der Waals surface area contributed by atoms with E-state index in [2.05, 4.69) is 70.3 Å². The quantitative estimate of drug-likeness (QED) is 0.0521. The number of nitrogen functional groups attached to an aromatic ring is 1. The van der Waals surface area contributed by atoms with E-state index in [0.717, 1.165) is 49.3 Å². The van der Waals surface area contributed by atoms with Crippen molar-refractivity contribution in [1.82, 2.24) is 30.2 Å². The van der Waals surface area contributed by atoms with E-state index in [0.29, 0.717) is 41.8 Å². The smallest absolute Gasteiger partial charge is 0.274 e. The van der Waals surface area contributed by atoms with E-state index < -0.39 is 84.6 Å². The Morgan fingerprint density at radius 1 is 0.986 bits per heavy atom. The van der Waals surface area contributed by atoms with Crippen LogP contribution in [0.1, 0.15) is 111 Å². The number of aliphatic hydroxyl groups is 3. The number of rotatable bonds is 23. The van der Waals surface area contributed by atoms with Crippen LogP contribution >= 0.6 is 35.2 Å². The van der Waals surface area contributed by atoms with E-state index in [1.165, 1.54) is 56.9 Å². The molecule has 4 aliphatic carbocycles. The lowest BCUT2D eigenvalue weighted by molar-refractivity contribution is -0.347. The van der Waals surface area contributed by atoms with Gasteiger partial charge in [0.15, 0.2) is 22.8 Å². The molecule has 4 fully saturated rings. The van der Waals surface area contributed by atoms with Crippen molar-refractivity contribution in [3.05, 3.63) is 24.3 Å². The zero-order valence-electron chi connectivity index (χ0n) is 42.0. The highest BCUT2D eigenvalue weighted by Gasteiger charge is 2.59. The maximum atomic E-state index is 12.9. The second-order valence-electron chi connectivity index (χ2n) is 21.6. The molecule has 1 saturated heterocycles. The summed E-state index contributed by atoms with van der Waals surface area (Å²) in [5.41, 5.74) is 6.03. The molecule has 416 valence electrons. The Hall–Kier alpha value is -2.74. The van der Waals surface area contributed by atoms with Gasteiger partial charge in [-0.2, -0.15) is 0 Å². The SMILES string of the molecule is C[C@H](CCC(=O)SCCNC(=O)CCNC(=O)[C@H](O)C(C)(C)COP(=O)([O-])OP(=O)([O-])OC[C@H]1O[C@@H](n2cnc3c(N)ncnc32)[C@H](O)[C@@H]1OP(=O)([O-])[O-])[C@H]1CC[C@H]2[C@@H]3CC=C4C[C@@H](O)CC[C@]4(C)[C@H]3CC[C@]12C. The molecule has 0 aromatic carbocycles. The minimum absolute atomic E-state index is 0.0200. The van der Waals surface area contributed by atoms with Crippen molar-refractivity contribution in [1.29, 1.82) is 0 Å². The molecule has 25 nitrogen and oxygen atoms in total. The molecular weight excluding hydrogens is 1050 g/mol. The van der Waals surface area contributed by atoms with E-state index >= 15 is 0 Å². The number of thioether (sulfide) groups is 1. The Morgan fingerprint density at radius 2 is 1.72 bits per heavy atom. The highest BCUT2D eigenvalue weighted by molar-refractivity contribution is 8.13. The monoisotopic (exact) mass is 1120 g/mol. The number of imidazole rings is 1. The lowest BCUT2D eigenvalue weighted by atomic mass is 9.47. The number of aromatic nitrogens is 4. The fourth-order valence-corrected chi connectivity index (χ4v) is 15.9. The Balaban J connectivity index is 0.776. The third-order valence-electron chi connectivity index (χ3n) is 16.4. The topological polar surface area (TPSA) is 395 Å². The van der Waals surface area contributed by atoms with Gasteiger partial charge in [-0.1, -0.05) is 58.0 Å². The van der Waals surface area contributed by atoms with Crippen LogP contribution in [-0.4, -0.2) is 114 Å². The Labute approximate surface area is 433 Å². The number of phosphoric acid groups is 3. The molecule has 2 amide bonds. The summed E-state index contributed by atoms with van der Waals surface area (Å²) in [5, 5.41) is 37.1. The number of nitrogens with one attached hydrogen (secondary N) is 2. The summed E-state index contributed by atoms with van der Waals surface area (Å²) in [5.74, 6) is 1.84. The molecule has 0 radical (unpaired) electrons. The number of carbonyl (C=O) groups excluding carboxylic acids is 3. The van der Waals surface area contributed by atoms with Crippen LogP contribution in [0.4, 0.5) is 5.82 Å². The first-order valence-corrected chi connectivity index (χ1v) is 30.3. The first-order chi connectivity index (χ1) is 34.5. The number of ether oxygens (including phenoxy) is 1. The summed E-state index contributed by atoms with van der Waals surface area (Å²) in [6.07, 6.45) is 4.64. The van der Waals surface area contributed by atoms with Crippen molar-refractivity contribution >= 4 is 69.1 Å². The fraction of sp³-hybridized carbons (Fsp3) is 0.778. The molecule has 2 unspecified atom stereocenters. The number of allylic oxidation sites excluding steroid dienone is 1. The first-order valence-electron chi connectivity index (χ1n) is 24.9. The molecule has 0 bridgehead atoms. The average Bonchev–Trinajstić information content (AvgIpc) is 4.00. The normalized spacial score (nSPS) is 32.5. The van der Waals surface area contributed by atoms with Crippen LogP contribution < -0.4 is 35.9 Å². The second-order valence-corrected chi connectivity index (χ2v) is 26.8. The van der Waals surface area contributed by atoms with Gasteiger partial charge >= 0.3 is 0 Å². The third kappa shape index (κ3) is 13.6. The number of anilines is 1. The van der Waals surface area contributed by atoms with Gasteiger partial charge < -0.3 is 74.1 Å². The minimum atomic E-state index is -5.93. The van der Waals surface area contributed by atoms with Gasteiger partial charge in [0.2, 0.25) is 11.8 Å². The van der Waals surface area contributed by atoms with E-state index in [-0.39, 0.29) is 58.5 Å². The molecule has 74 heavy (non-hydrogen) atoms. The van der Waals surface area contributed by atoms with Crippen molar-refractivity contribution in [2.45, 2.75) is 142 Å². The highest BCUT2D eigenvalue weighted by atomic mass is 32.2. The number of nitrogens with two attached hydrogens (primary N) is 1. The number of phosphoric ester groups is 3. The van der Waals surface area contributed by atoms with Gasteiger partial charge in [-0.25, -0.2) is 19.3 Å². The summed E-state index contributed by atoms with van der Waals surface area (Å²) in [7, 11) is -17.6.